The van der Waals surface area contributed by atoms with E-state index in [-0.39, 0.29) is 30.2 Å². The summed E-state index contributed by atoms with van der Waals surface area (Å²) in [5, 5.41) is 5.49. The van der Waals surface area contributed by atoms with Gasteiger partial charge in [-0.05, 0) is 51.3 Å². The second-order valence-electron chi connectivity index (χ2n) is 9.02. The fraction of sp³-hybridized carbons (Fsp3) is 0.542. The van der Waals surface area contributed by atoms with Gasteiger partial charge in [-0.15, -0.1) is 11.3 Å². The Morgan fingerprint density at radius 3 is 2.34 bits per heavy atom. The van der Waals surface area contributed by atoms with Crippen LogP contribution in [0.5, 0.6) is 0 Å². The number of nitrogens with zero attached hydrogens (tertiary/aromatic N) is 3. The summed E-state index contributed by atoms with van der Waals surface area (Å²) in [7, 11) is 0. The second-order valence-corrected chi connectivity index (χ2v) is 9.97. The SMILES string of the molecule is CC1CN(C(=O)c2csc(CN(C(=O)Nc3ccc(C(C)C)cc3)C(C)C)n2)CC(C)O1. The van der Waals surface area contributed by atoms with Gasteiger partial charge >= 0.3 is 6.03 Å². The van der Waals surface area contributed by atoms with Gasteiger partial charge in [0.2, 0.25) is 0 Å². The Morgan fingerprint density at radius 1 is 1.16 bits per heavy atom. The van der Waals surface area contributed by atoms with Crippen molar-refractivity contribution >= 4 is 29.0 Å². The summed E-state index contributed by atoms with van der Waals surface area (Å²) in [6, 6.07) is 7.72. The predicted octanol–water partition coefficient (Wildman–Crippen LogP) is 4.96. The highest BCUT2D eigenvalue weighted by atomic mass is 32.1. The van der Waals surface area contributed by atoms with Gasteiger partial charge in [0.25, 0.3) is 5.91 Å². The van der Waals surface area contributed by atoms with E-state index in [0.717, 1.165) is 10.7 Å². The van der Waals surface area contributed by atoms with Gasteiger partial charge in [0.05, 0.1) is 18.8 Å². The van der Waals surface area contributed by atoms with Gasteiger partial charge in [-0.25, -0.2) is 9.78 Å². The van der Waals surface area contributed by atoms with Gasteiger partial charge in [-0.2, -0.15) is 0 Å². The number of hydrogen-bond acceptors (Lipinski definition) is 5. The molecule has 3 rings (SSSR count). The Hall–Kier alpha value is -2.45. The first-order valence-corrected chi connectivity index (χ1v) is 12.1. The van der Waals surface area contributed by atoms with Crippen molar-refractivity contribution in [2.24, 2.45) is 0 Å². The van der Waals surface area contributed by atoms with E-state index in [9.17, 15) is 9.59 Å². The minimum absolute atomic E-state index is 0.00976. The summed E-state index contributed by atoms with van der Waals surface area (Å²) < 4.78 is 5.72. The predicted molar refractivity (Wildman–Crippen MR) is 128 cm³/mol. The molecule has 0 bridgehead atoms. The minimum Gasteiger partial charge on any atom is -0.372 e. The van der Waals surface area contributed by atoms with Gasteiger partial charge < -0.3 is 19.9 Å². The molecule has 8 heteroatoms. The van der Waals surface area contributed by atoms with Gasteiger partial charge in [0.15, 0.2) is 0 Å². The summed E-state index contributed by atoms with van der Waals surface area (Å²) in [5.41, 5.74) is 2.42. The average Bonchev–Trinajstić information content (AvgIpc) is 3.19. The number of rotatable bonds is 6. The lowest BCUT2D eigenvalue weighted by molar-refractivity contribution is -0.0587. The van der Waals surface area contributed by atoms with E-state index in [1.807, 2.05) is 52.0 Å². The van der Waals surface area contributed by atoms with E-state index >= 15 is 0 Å². The Labute approximate surface area is 194 Å². The molecule has 0 aliphatic carbocycles. The number of hydrogen-bond donors (Lipinski definition) is 1. The Bertz CT molecular complexity index is 916. The van der Waals surface area contributed by atoms with Gasteiger partial charge in [0.1, 0.15) is 10.7 Å². The van der Waals surface area contributed by atoms with Crippen LogP contribution in [0.2, 0.25) is 0 Å². The number of nitrogens with one attached hydrogen (secondary N) is 1. The number of benzene rings is 1. The van der Waals surface area contributed by atoms with E-state index in [1.54, 1.807) is 15.2 Å². The van der Waals surface area contributed by atoms with Crippen LogP contribution in [0.4, 0.5) is 10.5 Å². The topological polar surface area (TPSA) is 74.8 Å². The summed E-state index contributed by atoms with van der Waals surface area (Å²) in [4.78, 5) is 33.9. The number of morpholine rings is 1. The quantitative estimate of drug-likeness (QED) is 0.664. The van der Waals surface area contributed by atoms with Crippen LogP contribution in [0.25, 0.3) is 0 Å². The highest BCUT2D eigenvalue weighted by molar-refractivity contribution is 7.09. The number of amides is 3. The van der Waals surface area contributed by atoms with Crippen molar-refractivity contribution in [2.75, 3.05) is 18.4 Å². The molecule has 1 aliphatic rings. The molecule has 2 aromatic rings. The summed E-state index contributed by atoms with van der Waals surface area (Å²) in [6.45, 7) is 13.6. The normalized spacial score (nSPS) is 18.8. The fourth-order valence-corrected chi connectivity index (χ4v) is 4.53. The smallest absolute Gasteiger partial charge is 0.322 e. The van der Waals surface area contributed by atoms with E-state index in [0.29, 0.717) is 31.2 Å². The van der Waals surface area contributed by atoms with Gasteiger partial charge in [-0.3, -0.25) is 4.79 Å². The minimum atomic E-state index is -0.184. The second kappa shape index (κ2) is 10.4. The lowest BCUT2D eigenvalue weighted by Gasteiger charge is -2.34. The number of ether oxygens (including phenoxy) is 1. The van der Waals surface area contributed by atoms with Crippen LogP contribution in [-0.4, -0.2) is 58.1 Å². The number of aromatic nitrogens is 1. The molecule has 0 saturated carbocycles. The van der Waals surface area contributed by atoms with Crippen molar-refractivity contribution in [2.45, 2.75) is 72.3 Å². The summed E-state index contributed by atoms with van der Waals surface area (Å²) in [6.07, 6.45) is 0.0195. The summed E-state index contributed by atoms with van der Waals surface area (Å²) in [5.74, 6) is 0.359. The fourth-order valence-electron chi connectivity index (χ4n) is 3.77. The van der Waals surface area contributed by atoms with E-state index in [4.69, 9.17) is 4.74 Å². The molecule has 1 N–H and O–H groups in total. The third kappa shape index (κ3) is 6.07. The van der Waals surface area contributed by atoms with Crippen molar-refractivity contribution in [1.29, 1.82) is 0 Å². The number of anilines is 1. The van der Waals surface area contributed by atoms with Crippen molar-refractivity contribution in [3.05, 3.63) is 45.9 Å². The lowest BCUT2D eigenvalue weighted by Crippen LogP contribution is -2.48. The molecule has 32 heavy (non-hydrogen) atoms. The standard InChI is InChI=1S/C24H34N4O3S/c1-15(2)19-7-9-20(10-8-19)25-24(30)28(16(3)4)13-22-26-21(14-32-22)23(29)27-11-17(5)31-18(6)12-27/h7-10,14-18H,11-13H2,1-6H3,(H,25,30). The highest BCUT2D eigenvalue weighted by Crippen LogP contribution is 2.20. The molecule has 1 fully saturated rings. The third-order valence-electron chi connectivity index (χ3n) is 5.50. The molecule has 1 aromatic heterocycles. The molecule has 2 unspecified atom stereocenters. The Morgan fingerprint density at radius 2 is 1.78 bits per heavy atom. The monoisotopic (exact) mass is 458 g/mol. The van der Waals surface area contributed by atoms with E-state index in [2.05, 4.69) is 24.1 Å². The zero-order valence-electron chi connectivity index (χ0n) is 19.8. The molecular formula is C24H34N4O3S. The molecule has 0 radical (unpaired) electrons. The van der Waals surface area contributed by atoms with Crippen LogP contribution in [0.15, 0.2) is 29.6 Å². The van der Waals surface area contributed by atoms with Crippen LogP contribution in [0, 0.1) is 0 Å². The van der Waals surface area contributed by atoms with Crippen LogP contribution < -0.4 is 5.32 Å². The van der Waals surface area contributed by atoms with Crippen molar-refractivity contribution in [3.8, 4) is 0 Å². The number of carbonyl (C=O) groups excluding carboxylic acids is 2. The van der Waals surface area contributed by atoms with E-state index < -0.39 is 0 Å². The van der Waals surface area contributed by atoms with Crippen LogP contribution in [-0.2, 0) is 11.3 Å². The molecule has 7 nitrogen and oxygen atoms in total. The maximum atomic E-state index is 12.9. The zero-order chi connectivity index (χ0) is 23.4. The Kier molecular flexibility index (Phi) is 7.90. The number of urea groups is 1. The maximum absolute atomic E-state index is 12.9. The maximum Gasteiger partial charge on any atom is 0.322 e. The lowest BCUT2D eigenvalue weighted by atomic mass is 10.0. The zero-order valence-corrected chi connectivity index (χ0v) is 20.6. The molecule has 2 heterocycles. The molecule has 1 aromatic carbocycles. The molecule has 1 saturated heterocycles. The molecule has 0 spiro atoms. The molecule has 1 aliphatic heterocycles. The molecule has 174 valence electrons. The third-order valence-corrected chi connectivity index (χ3v) is 6.33. The average molecular weight is 459 g/mol. The van der Waals surface area contributed by atoms with Crippen molar-refractivity contribution < 1.29 is 14.3 Å². The largest absolute Gasteiger partial charge is 0.372 e. The van der Waals surface area contributed by atoms with Crippen LogP contribution in [0.1, 0.15) is 68.5 Å². The van der Waals surface area contributed by atoms with Gasteiger partial charge in [-0.1, -0.05) is 26.0 Å². The Balaban J connectivity index is 1.65. The van der Waals surface area contributed by atoms with Gasteiger partial charge in [0, 0.05) is 30.2 Å². The van der Waals surface area contributed by atoms with Crippen molar-refractivity contribution in [1.82, 2.24) is 14.8 Å². The highest BCUT2D eigenvalue weighted by Gasteiger charge is 2.28. The first-order valence-electron chi connectivity index (χ1n) is 11.2. The van der Waals surface area contributed by atoms with Crippen molar-refractivity contribution in [3.63, 3.8) is 0 Å². The number of carbonyl (C=O) groups is 2. The molecule has 3 amide bonds. The van der Waals surface area contributed by atoms with E-state index in [1.165, 1.54) is 16.9 Å². The summed E-state index contributed by atoms with van der Waals surface area (Å²) >= 11 is 1.41. The number of thiazole rings is 1. The van der Waals surface area contributed by atoms with Crippen LogP contribution in [0.3, 0.4) is 0 Å². The first-order chi connectivity index (χ1) is 15.1. The molecular weight excluding hydrogens is 424 g/mol. The first kappa shape index (κ1) is 24.2. The molecule has 2 atom stereocenters. The van der Waals surface area contributed by atoms with Crippen LogP contribution >= 0.6 is 11.3 Å².